The van der Waals surface area contributed by atoms with Gasteiger partial charge in [0.15, 0.2) is 0 Å². The van der Waals surface area contributed by atoms with Crippen molar-refractivity contribution in [2.75, 3.05) is 0 Å². The summed E-state index contributed by atoms with van der Waals surface area (Å²) in [6.07, 6.45) is 8.21. The second kappa shape index (κ2) is 9.55. The molecule has 146 valence electrons. The summed E-state index contributed by atoms with van der Waals surface area (Å²) >= 11 is 0. The van der Waals surface area contributed by atoms with Crippen molar-refractivity contribution in [1.29, 1.82) is 5.26 Å². The molecule has 0 radical (unpaired) electrons. The summed E-state index contributed by atoms with van der Waals surface area (Å²) in [6, 6.07) is 19.4. The predicted molar refractivity (Wildman–Crippen MR) is 111 cm³/mol. The lowest BCUT2D eigenvalue weighted by Crippen LogP contribution is -2.39. The van der Waals surface area contributed by atoms with Gasteiger partial charge in [0.05, 0.1) is 17.2 Å². The van der Waals surface area contributed by atoms with E-state index in [0.717, 1.165) is 44.9 Å². The third-order valence-electron chi connectivity index (χ3n) is 5.96. The Morgan fingerprint density at radius 1 is 1.07 bits per heavy atom. The zero-order valence-electron chi connectivity index (χ0n) is 16.7. The highest BCUT2D eigenvalue weighted by Gasteiger charge is 2.38. The third kappa shape index (κ3) is 5.01. The predicted octanol–water partition coefficient (Wildman–Crippen LogP) is 6.39. The zero-order valence-corrected chi connectivity index (χ0v) is 16.7. The molecule has 3 nitrogen and oxygen atoms in total. The maximum absolute atomic E-state index is 12.7. The van der Waals surface area contributed by atoms with Gasteiger partial charge < -0.3 is 4.74 Å². The second-order valence-electron chi connectivity index (χ2n) is 7.90. The van der Waals surface area contributed by atoms with Crippen molar-refractivity contribution >= 4 is 5.97 Å². The van der Waals surface area contributed by atoms with Crippen molar-refractivity contribution in [3.8, 4) is 6.07 Å². The van der Waals surface area contributed by atoms with Crippen molar-refractivity contribution in [2.45, 2.75) is 69.8 Å². The van der Waals surface area contributed by atoms with Crippen LogP contribution in [-0.4, -0.2) is 11.6 Å². The highest BCUT2D eigenvalue weighted by atomic mass is 16.6. The van der Waals surface area contributed by atoms with Crippen LogP contribution in [0.3, 0.4) is 0 Å². The van der Waals surface area contributed by atoms with Gasteiger partial charge in [0, 0.05) is 0 Å². The van der Waals surface area contributed by atoms with E-state index in [1.807, 2.05) is 42.5 Å². The van der Waals surface area contributed by atoms with Gasteiger partial charge in [-0.15, -0.1) is 0 Å². The third-order valence-corrected chi connectivity index (χ3v) is 5.96. The first-order valence-electron chi connectivity index (χ1n) is 10.4. The Morgan fingerprint density at radius 3 is 2.36 bits per heavy atom. The Bertz CT molecular complexity index is 797. The molecule has 28 heavy (non-hydrogen) atoms. The first-order valence-corrected chi connectivity index (χ1v) is 10.4. The standard InChI is InChI=1S/C25H29NO2/c1-2-3-7-16-25(28-24(27)23-8-5-4-6-9-23)17-14-22(15-18-25)21-12-10-20(19-26)11-13-21/h4-6,8-13,22H,2-3,7,14-18H2,1H3. The van der Waals surface area contributed by atoms with Gasteiger partial charge in [-0.1, -0.05) is 50.1 Å². The van der Waals surface area contributed by atoms with Crippen molar-refractivity contribution < 1.29 is 9.53 Å². The SMILES string of the molecule is CCCCCC1(OC(=O)c2ccccc2)CCC(c2ccc(C#N)cc2)CC1. The van der Waals surface area contributed by atoms with E-state index in [9.17, 15) is 4.79 Å². The van der Waals surface area contributed by atoms with Crippen LogP contribution in [0.1, 0.15) is 85.7 Å². The molecule has 0 bridgehead atoms. The van der Waals surface area contributed by atoms with Crippen LogP contribution < -0.4 is 0 Å². The monoisotopic (exact) mass is 375 g/mol. The van der Waals surface area contributed by atoms with E-state index in [1.54, 1.807) is 0 Å². The van der Waals surface area contributed by atoms with Crippen LogP contribution in [-0.2, 0) is 4.74 Å². The molecule has 1 aliphatic carbocycles. The zero-order chi connectivity index (χ0) is 19.8. The number of carbonyl (C=O) groups is 1. The molecule has 0 unspecified atom stereocenters. The number of esters is 1. The van der Waals surface area contributed by atoms with Crippen molar-refractivity contribution in [3.05, 3.63) is 71.3 Å². The lowest BCUT2D eigenvalue weighted by molar-refractivity contribution is -0.0462. The van der Waals surface area contributed by atoms with Crippen LogP contribution >= 0.6 is 0 Å². The first-order chi connectivity index (χ1) is 13.7. The Morgan fingerprint density at radius 2 is 1.75 bits per heavy atom. The molecule has 0 aromatic heterocycles. The fourth-order valence-corrected chi connectivity index (χ4v) is 4.24. The summed E-state index contributed by atoms with van der Waals surface area (Å²) in [6.45, 7) is 2.20. The van der Waals surface area contributed by atoms with Gasteiger partial charge in [-0.2, -0.15) is 5.26 Å². The Hall–Kier alpha value is -2.60. The first kappa shape index (κ1) is 20.1. The van der Waals surface area contributed by atoms with Crippen molar-refractivity contribution in [2.24, 2.45) is 0 Å². The highest BCUT2D eigenvalue weighted by Crippen LogP contribution is 2.43. The minimum Gasteiger partial charge on any atom is -0.455 e. The lowest BCUT2D eigenvalue weighted by atomic mass is 9.74. The molecule has 0 aliphatic heterocycles. The molecule has 0 atom stereocenters. The van der Waals surface area contributed by atoms with Crippen LogP contribution in [0.25, 0.3) is 0 Å². The van der Waals surface area contributed by atoms with Crippen LogP contribution in [0, 0.1) is 11.3 Å². The molecule has 0 spiro atoms. The summed E-state index contributed by atoms with van der Waals surface area (Å²) in [5.74, 6) is 0.274. The lowest BCUT2D eigenvalue weighted by Gasteiger charge is -2.40. The maximum Gasteiger partial charge on any atom is 0.338 e. The number of benzene rings is 2. The van der Waals surface area contributed by atoms with E-state index in [1.165, 1.54) is 12.0 Å². The summed E-state index contributed by atoms with van der Waals surface area (Å²) in [4.78, 5) is 12.7. The molecular formula is C25H29NO2. The second-order valence-corrected chi connectivity index (χ2v) is 7.90. The molecule has 2 aromatic rings. The summed E-state index contributed by atoms with van der Waals surface area (Å²) in [5.41, 5.74) is 2.28. The quantitative estimate of drug-likeness (QED) is 0.416. The molecule has 0 amide bonds. The number of nitrogens with zero attached hydrogens (tertiary/aromatic N) is 1. The largest absolute Gasteiger partial charge is 0.455 e. The highest BCUT2D eigenvalue weighted by molar-refractivity contribution is 5.89. The summed E-state index contributed by atoms with van der Waals surface area (Å²) in [5, 5.41) is 8.99. The van der Waals surface area contributed by atoms with Gasteiger partial charge in [-0.05, 0) is 74.3 Å². The van der Waals surface area contributed by atoms with Gasteiger partial charge in [0.25, 0.3) is 0 Å². The van der Waals surface area contributed by atoms with E-state index < -0.39 is 0 Å². The van der Waals surface area contributed by atoms with Gasteiger partial charge in [0.2, 0.25) is 0 Å². The van der Waals surface area contributed by atoms with E-state index in [2.05, 4.69) is 25.1 Å². The number of unbranched alkanes of at least 4 members (excludes halogenated alkanes) is 2. The van der Waals surface area contributed by atoms with Gasteiger partial charge in [-0.25, -0.2) is 4.79 Å². The molecule has 3 heteroatoms. The van der Waals surface area contributed by atoms with Gasteiger partial charge >= 0.3 is 5.97 Å². The van der Waals surface area contributed by atoms with Gasteiger partial charge in [0.1, 0.15) is 5.60 Å². The Kier molecular flexibility index (Phi) is 6.87. The average Bonchev–Trinajstić information content (AvgIpc) is 2.75. The molecule has 0 N–H and O–H groups in total. The van der Waals surface area contributed by atoms with Crippen molar-refractivity contribution in [1.82, 2.24) is 0 Å². The number of hydrogen-bond donors (Lipinski definition) is 0. The Labute approximate surface area is 168 Å². The normalized spacial score (nSPS) is 21.6. The molecule has 3 rings (SSSR count). The van der Waals surface area contributed by atoms with Crippen LogP contribution in [0.5, 0.6) is 0 Å². The molecule has 0 saturated heterocycles. The number of rotatable bonds is 7. The van der Waals surface area contributed by atoms with E-state index >= 15 is 0 Å². The van der Waals surface area contributed by atoms with E-state index in [0.29, 0.717) is 17.0 Å². The maximum atomic E-state index is 12.7. The fourth-order valence-electron chi connectivity index (χ4n) is 4.24. The van der Waals surface area contributed by atoms with Crippen LogP contribution in [0.4, 0.5) is 0 Å². The van der Waals surface area contributed by atoms with Crippen LogP contribution in [0.15, 0.2) is 54.6 Å². The summed E-state index contributed by atoms with van der Waals surface area (Å²) in [7, 11) is 0. The van der Waals surface area contributed by atoms with Crippen molar-refractivity contribution in [3.63, 3.8) is 0 Å². The molecule has 1 saturated carbocycles. The number of carbonyl (C=O) groups excluding carboxylic acids is 1. The summed E-state index contributed by atoms with van der Waals surface area (Å²) < 4.78 is 6.15. The molecule has 2 aromatic carbocycles. The minimum absolute atomic E-state index is 0.200. The number of nitriles is 1. The molecular weight excluding hydrogens is 346 g/mol. The molecule has 1 fully saturated rings. The average molecular weight is 376 g/mol. The molecule has 1 aliphatic rings. The number of hydrogen-bond acceptors (Lipinski definition) is 3. The van der Waals surface area contributed by atoms with E-state index in [-0.39, 0.29) is 11.6 Å². The van der Waals surface area contributed by atoms with Crippen LogP contribution in [0.2, 0.25) is 0 Å². The molecule has 0 heterocycles. The number of ether oxygens (including phenoxy) is 1. The smallest absolute Gasteiger partial charge is 0.338 e. The topological polar surface area (TPSA) is 50.1 Å². The van der Waals surface area contributed by atoms with E-state index in [4.69, 9.17) is 10.00 Å². The van der Waals surface area contributed by atoms with Gasteiger partial charge in [-0.3, -0.25) is 0 Å². The minimum atomic E-state index is -0.342. The fraction of sp³-hybridized carbons (Fsp3) is 0.440. The Balaban J connectivity index is 1.68.